The van der Waals surface area contributed by atoms with Crippen LogP contribution in [0.3, 0.4) is 0 Å². The highest BCUT2D eigenvalue weighted by molar-refractivity contribution is 7.19. The van der Waals surface area contributed by atoms with E-state index in [-0.39, 0.29) is 11.8 Å². The summed E-state index contributed by atoms with van der Waals surface area (Å²) in [6.07, 6.45) is 1.98. The highest BCUT2D eigenvalue weighted by Crippen LogP contribution is 2.44. The lowest BCUT2D eigenvalue weighted by Crippen LogP contribution is -2.34. The van der Waals surface area contributed by atoms with E-state index in [1.54, 1.807) is 4.90 Å². The zero-order chi connectivity index (χ0) is 26.8. The maximum Gasteiger partial charge on any atom is 0.226 e. The maximum atomic E-state index is 12.7. The minimum Gasteiger partial charge on any atom is -0.344 e. The van der Waals surface area contributed by atoms with Gasteiger partial charge >= 0.3 is 0 Å². The van der Waals surface area contributed by atoms with Crippen LogP contribution < -0.4 is 5.32 Å². The van der Waals surface area contributed by atoms with Gasteiger partial charge < -0.3 is 15.1 Å². The SMILES string of the molecule is CC(=O)Nc1nc2c(s1)-c1c(c(-c3ccccc3)nn1-c1ccc(CC(=O)N(C)CCN(C)C)cc1)CC2. The quantitative estimate of drug-likeness (QED) is 0.369. The van der Waals surface area contributed by atoms with Crippen molar-refractivity contribution in [2.75, 3.05) is 39.5 Å². The Balaban J connectivity index is 1.49. The summed E-state index contributed by atoms with van der Waals surface area (Å²) < 4.78 is 1.99. The Morgan fingerprint density at radius 1 is 1.00 bits per heavy atom. The van der Waals surface area contributed by atoms with Crippen molar-refractivity contribution in [1.82, 2.24) is 24.6 Å². The number of aryl methyl sites for hydroxylation is 1. The van der Waals surface area contributed by atoms with Crippen LogP contribution in [0.1, 0.15) is 23.7 Å². The molecule has 0 saturated carbocycles. The maximum absolute atomic E-state index is 12.7. The largest absolute Gasteiger partial charge is 0.344 e. The zero-order valence-corrected chi connectivity index (χ0v) is 23.0. The summed E-state index contributed by atoms with van der Waals surface area (Å²) in [6.45, 7) is 3.03. The minimum atomic E-state index is -0.132. The number of hydrogen-bond acceptors (Lipinski definition) is 6. The smallest absolute Gasteiger partial charge is 0.226 e. The highest BCUT2D eigenvalue weighted by Gasteiger charge is 2.29. The molecule has 2 aromatic carbocycles. The normalized spacial score (nSPS) is 12.2. The molecule has 2 aromatic heterocycles. The molecule has 0 bridgehead atoms. The number of hydrogen-bond donors (Lipinski definition) is 1. The van der Waals surface area contributed by atoms with E-state index in [4.69, 9.17) is 10.1 Å². The van der Waals surface area contributed by atoms with E-state index in [0.717, 1.165) is 58.2 Å². The van der Waals surface area contributed by atoms with E-state index in [9.17, 15) is 9.59 Å². The number of rotatable bonds is 8. The molecule has 1 aliphatic carbocycles. The molecule has 8 nitrogen and oxygen atoms in total. The predicted molar refractivity (Wildman–Crippen MR) is 152 cm³/mol. The first-order valence-corrected chi connectivity index (χ1v) is 13.5. The van der Waals surface area contributed by atoms with Gasteiger partial charge in [0.2, 0.25) is 11.8 Å². The fourth-order valence-corrected chi connectivity index (χ4v) is 5.74. The Morgan fingerprint density at radius 3 is 2.42 bits per heavy atom. The molecule has 1 N–H and O–H groups in total. The van der Waals surface area contributed by atoms with Crippen molar-refractivity contribution in [2.24, 2.45) is 0 Å². The Labute approximate surface area is 226 Å². The molecule has 38 heavy (non-hydrogen) atoms. The fraction of sp³-hybridized carbons (Fsp3) is 0.310. The van der Waals surface area contributed by atoms with E-state index < -0.39 is 0 Å². The van der Waals surface area contributed by atoms with Gasteiger partial charge in [-0.25, -0.2) is 9.67 Å². The molecule has 9 heteroatoms. The van der Waals surface area contributed by atoms with Crippen molar-refractivity contribution in [2.45, 2.75) is 26.2 Å². The Bertz CT molecular complexity index is 1460. The minimum absolute atomic E-state index is 0.0993. The molecular weight excluding hydrogens is 496 g/mol. The number of amides is 2. The second-order valence-corrected chi connectivity index (χ2v) is 10.9. The lowest BCUT2D eigenvalue weighted by atomic mass is 9.95. The third kappa shape index (κ3) is 5.39. The van der Waals surface area contributed by atoms with E-state index in [1.165, 1.54) is 23.8 Å². The second-order valence-electron chi connectivity index (χ2n) is 9.89. The van der Waals surface area contributed by atoms with E-state index in [0.29, 0.717) is 18.1 Å². The van der Waals surface area contributed by atoms with Gasteiger partial charge in [0, 0.05) is 38.2 Å². The molecule has 5 rings (SSSR count). The summed E-state index contributed by atoms with van der Waals surface area (Å²) in [5.74, 6) is -0.0328. The van der Waals surface area contributed by atoms with E-state index in [1.807, 2.05) is 68.3 Å². The second kappa shape index (κ2) is 10.9. The monoisotopic (exact) mass is 528 g/mol. The standard InChI is InChI=1S/C29H32N6O2S/c1-19(36)30-29-31-24-15-14-23-26(21-8-6-5-7-9-21)32-35(27(23)28(24)38-29)22-12-10-20(11-13-22)18-25(37)34(4)17-16-33(2)3/h5-13H,14-18H2,1-4H3,(H,30,31,36). The van der Waals surface area contributed by atoms with Crippen LogP contribution in [0.15, 0.2) is 54.6 Å². The molecule has 2 heterocycles. The zero-order valence-electron chi connectivity index (χ0n) is 22.2. The number of nitrogens with zero attached hydrogens (tertiary/aromatic N) is 5. The van der Waals surface area contributed by atoms with Crippen LogP contribution in [0.5, 0.6) is 0 Å². The van der Waals surface area contributed by atoms with Crippen LogP contribution in [0.2, 0.25) is 0 Å². The Kier molecular flexibility index (Phi) is 7.40. The van der Waals surface area contributed by atoms with Crippen molar-refractivity contribution in [3.8, 4) is 27.5 Å². The van der Waals surface area contributed by atoms with Gasteiger partial charge in [0.1, 0.15) is 0 Å². The van der Waals surface area contributed by atoms with Gasteiger partial charge in [0.15, 0.2) is 5.13 Å². The summed E-state index contributed by atoms with van der Waals surface area (Å²) in [7, 11) is 5.86. The molecule has 0 radical (unpaired) electrons. The summed E-state index contributed by atoms with van der Waals surface area (Å²) in [5.41, 5.74) is 7.10. The van der Waals surface area contributed by atoms with Crippen molar-refractivity contribution >= 4 is 28.3 Å². The fourth-order valence-electron chi connectivity index (χ4n) is 4.63. The van der Waals surface area contributed by atoms with Gasteiger partial charge in [-0.05, 0) is 44.6 Å². The summed E-state index contributed by atoms with van der Waals surface area (Å²) in [6, 6.07) is 18.3. The molecule has 2 amide bonds. The number of aromatic nitrogens is 3. The third-order valence-corrected chi connectivity index (χ3v) is 7.70. The number of likely N-dealkylation sites (N-methyl/N-ethyl adjacent to an activating group) is 2. The number of anilines is 1. The van der Waals surface area contributed by atoms with Crippen molar-refractivity contribution in [3.05, 3.63) is 71.4 Å². The Morgan fingerprint density at radius 2 is 1.74 bits per heavy atom. The molecule has 0 atom stereocenters. The van der Waals surface area contributed by atoms with Crippen LogP contribution in [0, 0.1) is 0 Å². The first-order valence-electron chi connectivity index (χ1n) is 12.7. The number of thiazole rings is 1. The van der Waals surface area contributed by atoms with Gasteiger partial charge in [-0.3, -0.25) is 9.59 Å². The highest BCUT2D eigenvalue weighted by atomic mass is 32.1. The number of fused-ring (bicyclic) bond motifs is 3. The molecule has 0 unspecified atom stereocenters. The van der Waals surface area contributed by atoms with Gasteiger partial charge in [-0.1, -0.05) is 53.8 Å². The van der Waals surface area contributed by atoms with Gasteiger partial charge in [0.05, 0.1) is 34.1 Å². The summed E-state index contributed by atoms with van der Waals surface area (Å²) >= 11 is 1.49. The van der Waals surface area contributed by atoms with Crippen LogP contribution in [0.4, 0.5) is 5.13 Å². The van der Waals surface area contributed by atoms with Crippen LogP contribution in [-0.4, -0.2) is 70.6 Å². The first kappa shape index (κ1) is 25.8. The lowest BCUT2D eigenvalue weighted by molar-refractivity contribution is -0.129. The number of nitrogens with one attached hydrogen (secondary N) is 1. The van der Waals surface area contributed by atoms with Crippen LogP contribution in [-0.2, 0) is 28.9 Å². The first-order chi connectivity index (χ1) is 18.3. The molecule has 4 aromatic rings. The van der Waals surface area contributed by atoms with Crippen molar-refractivity contribution < 1.29 is 9.59 Å². The number of carbonyl (C=O) groups is 2. The lowest BCUT2D eigenvalue weighted by Gasteiger charge is -2.19. The summed E-state index contributed by atoms with van der Waals surface area (Å²) in [4.78, 5) is 34.0. The van der Waals surface area contributed by atoms with E-state index in [2.05, 4.69) is 22.3 Å². The molecule has 196 valence electrons. The summed E-state index contributed by atoms with van der Waals surface area (Å²) in [5, 5.41) is 8.54. The molecule has 0 aliphatic heterocycles. The van der Waals surface area contributed by atoms with E-state index >= 15 is 0 Å². The number of benzene rings is 2. The van der Waals surface area contributed by atoms with Crippen molar-refractivity contribution in [3.63, 3.8) is 0 Å². The molecule has 1 aliphatic rings. The molecule has 0 fully saturated rings. The topological polar surface area (TPSA) is 83.4 Å². The number of carbonyl (C=O) groups excluding carboxylic acids is 2. The van der Waals surface area contributed by atoms with Crippen LogP contribution >= 0.6 is 11.3 Å². The Hall–Kier alpha value is -3.82. The molecule has 0 spiro atoms. The van der Waals surface area contributed by atoms with Gasteiger partial charge in [-0.2, -0.15) is 5.10 Å². The van der Waals surface area contributed by atoms with Gasteiger partial charge in [0.25, 0.3) is 0 Å². The third-order valence-electron chi connectivity index (χ3n) is 6.68. The average Bonchev–Trinajstić information content (AvgIpc) is 3.48. The molecular formula is C29H32N6O2S. The predicted octanol–water partition coefficient (Wildman–Crippen LogP) is 4.28. The molecule has 0 saturated heterocycles. The average molecular weight is 529 g/mol. The van der Waals surface area contributed by atoms with Gasteiger partial charge in [-0.15, -0.1) is 0 Å². The van der Waals surface area contributed by atoms with Crippen LogP contribution in [0.25, 0.3) is 27.5 Å². The van der Waals surface area contributed by atoms with Crippen molar-refractivity contribution in [1.29, 1.82) is 0 Å².